The van der Waals surface area contributed by atoms with Gasteiger partial charge in [0.2, 0.25) is 5.91 Å². The summed E-state index contributed by atoms with van der Waals surface area (Å²) >= 11 is 2.24. The molecule has 1 aromatic carbocycles. The molecule has 0 bridgehead atoms. The fourth-order valence-corrected chi connectivity index (χ4v) is 5.03. The molecule has 0 aliphatic carbocycles. The summed E-state index contributed by atoms with van der Waals surface area (Å²) in [6.07, 6.45) is -2.79. The number of thiophene rings is 1. The van der Waals surface area contributed by atoms with Crippen molar-refractivity contribution in [1.82, 2.24) is 9.80 Å². The topological polar surface area (TPSA) is 60.9 Å². The predicted octanol–water partition coefficient (Wildman–Crippen LogP) is 4.15. The molecule has 2 aliphatic heterocycles. The van der Waals surface area contributed by atoms with Gasteiger partial charge in [0, 0.05) is 36.7 Å². The Kier molecular flexibility index (Phi) is 6.29. The highest BCUT2D eigenvalue weighted by molar-refractivity contribution is 8.18. The fraction of sp³-hybridized carbons (Fsp3) is 0.286. The van der Waals surface area contributed by atoms with Crippen molar-refractivity contribution in [3.8, 4) is 0 Å². The molecule has 11 heteroatoms. The minimum atomic E-state index is -4.42. The first-order valence-corrected chi connectivity index (χ1v) is 11.4. The molecule has 0 N–H and O–H groups in total. The SMILES string of the molecule is O=C(CN1C(=O)S/C(=C\c2cccs2)C1=O)N1CCN(c2cccc(C(F)(F)F)c2)CC1. The summed E-state index contributed by atoms with van der Waals surface area (Å²) in [5.41, 5.74) is -0.278. The van der Waals surface area contributed by atoms with Gasteiger partial charge in [-0.05, 0) is 47.5 Å². The van der Waals surface area contributed by atoms with Crippen LogP contribution in [0.2, 0.25) is 0 Å². The van der Waals surface area contributed by atoms with Crippen LogP contribution in [0.3, 0.4) is 0 Å². The van der Waals surface area contributed by atoms with E-state index in [1.165, 1.54) is 22.3 Å². The van der Waals surface area contributed by atoms with E-state index in [-0.39, 0.29) is 30.4 Å². The lowest BCUT2D eigenvalue weighted by Gasteiger charge is -2.36. The van der Waals surface area contributed by atoms with Crippen LogP contribution < -0.4 is 4.90 Å². The molecule has 2 fully saturated rings. The number of thioether (sulfide) groups is 1. The maximum Gasteiger partial charge on any atom is 0.416 e. The molecule has 4 rings (SSSR count). The summed E-state index contributed by atoms with van der Waals surface area (Å²) in [6.45, 7) is 0.934. The van der Waals surface area contributed by atoms with Crippen LogP contribution in [0.15, 0.2) is 46.7 Å². The molecule has 2 aromatic rings. The van der Waals surface area contributed by atoms with Crippen molar-refractivity contribution in [2.75, 3.05) is 37.6 Å². The molecule has 0 saturated carbocycles. The van der Waals surface area contributed by atoms with Crippen LogP contribution in [0, 0.1) is 0 Å². The van der Waals surface area contributed by atoms with Gasteiger partial charge in [0.15, 0.2) is 0 Å². The number of piperazine rings is 1. The van der Waals surface area contributed by atoms with Gasteiger partial charge in [0.1, 0.15) is 6.54 Å². The lowest BCUT2D eigenvalue weighted by Crippen LogP contribution is -2.51. The van der Waals surface area contributed by atoms with Crippen molar-refractivity contribution in [2.24, 2.45) is 0 Å². The van der Waals surface area contributed by atoms with Crippen molar-refractivity contribution in [1.29, 1.82) is 0 Å². The molecule has 2 saturated heterocycles. The molecule has 0 radical (unpaired) electrons. The van der Waals surface area contributed by atoms with E-state index in [0.717, 1.165) is 33.7 Å². The normalized spacial score (nSPS) is 18.7. The Hall–Kier alpha value is -2.79. The highest BCUT2D eigenvalue weighted by atomic mass is 32.2. The first-order valence-electron chi connectivity index (χ1n) is 9.71. The number of halogens is 3. The van der Waals surface area contributed by atoms with Crippen LogP contribution in [-0.4, -0.2) is 59.6 Å². The number of carbonyl (C=O) groups excluding carboxylic acids is 3. The highest BCUT2D eigenvalue weighted by Crippen LogP contribution is 2.33. The molecule has 168 valence electrons. The van der Waals surface area contributed by atoms with Gasteiger partial charge in [0.25, 0.3) is 11.1 Å². The zero-order valence-corrected chi connectivity index (χ0v) is 18.3. The van der Waals surface area contributed by atoms with Crippen LogP contribution in [0.25, 0.3) is 6.08 Å². The zero-order valence-electron chi connectivity index (χ0n) is 16.7. The van der Waals surface area contributed by atoms with E-state index in [4.69, 9.17) is 0 Å². The number of hydrogen-bond acceptors (Lipinski definition) is 6. The van der Waals surface area contributed by atoms with Crippen molar-refractivity contribution >= 4 is 51.9 Å². The summed E-state index contributed by atoms with van der Waals surface area (Å²) in [5, 5.41) is 1.37. The number of alkyl halides is 3. The average Bonchev–Trinajstić information content (AvgIpc) is 3.37. The third-order valence-electron chi connectivity index (χ3n) is 5.15. The molecule has 3 amide bonds. The van der Waals surface area contributed by atoms with Gasteiger partial charge in [-0.25, -0.2) is 0 Å². The number of carbonyl (C=O) groups is 3. The van der Waals surface area contributed by atoms with Crippen molar-refractivity contribution in [3.63, 3.8) is 0 Å². The van der Waals surface area contributed by atoms with Gasteiger partial charge in [-0.2, -0.15) is 13.2 Å². The van der Waals surface area contributed by atoms with E-state index in [1.807, 2.05) is 17.5 Å². The zero-order chi connectivity index (χ0) is 22.9. The Morgan fingerprint density at radius 2 is 1.81 bits per heavy atom. The number of rotatable bonds is 4. The number of benzene rings is 1. The first-order chi connectivity index (χ1) is 15.2. The number of hydrogen-bond donors (Lipinski definition) is 0. The van der Waals surface area contributed by atoms with Gasteiger partial charge in [-0.3, -0.25) is 19.3 Å². The van der Waals surface area contributed by atoms with Gasteiger partial charge in [-0.15, -0.1) is 11.3 Å². The lowest BCUT2D eigenvalue weighted by atomic mass is 10.1. The van der Waals surface area contributed by atoms with Gasteiger partial charge >= 0.3 is 6.18 Å². The second kappa shape index (κ2) is 8.99. The van der Waals surface area contributed by atoms with E-state index in [9.17, 15) is 27.6 Å². The van der Waals surface area contributed by atoms with Crippen LogP contribution in [0.4, 0.5) is 23.7 Å². The van der Waals surface area contributed by atoms with Crippen molar-refractivity contribution < 1.29 is 27.6 Å². The average molecular weight is 482 g/mol. The van der Waals surface area contributed by atoms with E-state index >= 15 is 0 Å². The number of nitrogens with zero attached hydrogens (tertiary/aromatic N) is 3. The predicted molar refractivity (Wildman–Crippen MR) is 117 cm³/mol. The number of anilines is 1. The molecule has 6 nitrogen and oxygen atoms in total. The lowest BCUT2D eigenvalue weighted by molar-refractivity contribution is -0.137. The van der Waals surface area contributed by atoms with Crippen LogP contribution in [-0.2, 0) is 15.8 Å². The van der Waals surface area contributed by atoms with Gasteiger partial charge in [-0.1, -0.05) is 12.1 Å². The molecular weight excluding hydrogens is 463 g/mol. The Morgan fingerprint density at radius 1 is 1.06 bits per heavy atom. The van der Waals surface area contributed by atoms with Gasteiger partial charge < -0.3 is 9.80 Å². The second-order valence-electron chi connectivity index (χ2n) is 7.20. The Labute approximate surface area is 190 Å². The monoisotopic (exact) mass is 481 g/mol. The van der Waals surface area contributed by atoms with E-state index < -0.39 is 22.9 Å². The third-order valence-corrected chi connectivity index (χ3v) is 6.88. The number of imide groups is 1. The maximum absolute atomic E-state index is 13.0. The van der Waals surface area contributed by atoms with Gasteiger partial charge in [0.05, 0.1) is 10.5 Å². The molecule has 1 aromatic heterocycles. The number of amides is 3. The smallest absolute Gasteiger partial charge is 0.368 e. The highest BCUT2D eigenvalue weighted by Gasteiger charge is 2.37. The van der Waals surface area contributed by atoms with E-state index in [0.29, 0.717) is 18.8 Å². The largest absolute Gasteiger partial charge is 0.416 e. The molecule has 0 spiro atoms. The van der Waals surface area contributed by atoms with E-state index in [2.05, 4.69) is 0 Å². The third kappa shape index (κ3) is 4.83. The van der Waals surface area contributed by atoms with E-state index in [1.54, 1.807) is 17.0 Å². The van der Waals surface area contributed by atoms with Crippen molar-refractivity contribution in [2.45, 2.75) is 6.18 Å². The summed E-state index contributed by atoms with van der Waals surface area (Å²) < 4.78 is 38.9. The molecular formula is C21H18F3N3O3S2. The van der Waals surface area contributed by atoms with Crippen LogP contribution in [0.5, 0.6) is 0 Å². The molecule has 3 heterocycles. The summed E-state index contributed by atoms with van der Waals surface area (Å²) in [4.78, 5) is 42.9. The molecule has 2 aliphatic rings. The molecule has 32 heavy (non-hydrogen) atoms. The minimum absolute atomic E-state index is 0.277. The standard InChI is InChI=1S/C21H18F3N3O3S2/c22-21(23,24)14-3-1-4-15(11-14)25-6-8-26(9-7-25)18(28)13-27-19(29)17(32-20(27)30)12-16-5-2-10-31-16/h1-5,10-12H,6-9,13H2/b17-12-. The fourth-order valence-electron chi connectivity index (χ4n) is 3.47. The minimum Gasteiger partial charge on any atom is -0.368 e. The Morgan fingerprint density at radius 3 is 2.47 bits per heavy atom. The second-order valence-corrected chi connectivity index (χ2v) is 9.17. The Balaban J connectivity index is 1.35. The maximum atomic E-state index is 13.0. The molecule has 0 atom stereocenters. The van der Waals surface area contributed by atoms with Crippen molar-refractivity contribution in [3.05, 3.63) is 57.1 Å². The summed E-state index contributed by atoms with van der Waals surface area (Å²) in [7, 11) is 0. The Bertz CT molecular complexity index is 1060. The molecule has 0 unspecified atom stereocenters. The quantitative estimate of drug-likeness (QED) is 0.614. The van der Waals surface area contributed by atoms with Crippen LogP contribution >= 0.6 is 23.1 Å². The van der Waals surface area contributed by atoms with Crippen LogP contribution in [0.1, 0.15) is 10.4 Å². The summed E-state index contributed by atoms with van der Waals surface area (Å²) in [5.74, 6) is -0.863. The summed E-state index contributed by atoms with van der Waals surface area (Å²) in [6, 6.07) is 8.74. The first kappa shape index (κ1) is 22.4.